The number of benzene rings is 1. The van der Waals surface area contributed by atoms with Gasteiger partial charge in [-0.05, 0) is 38.1 Å². The Morgan fingerprint density at radius 3 is 2.24 bits per heavy atom. The van der Waals surface area contributed by atoms with E-state index in [-0.39, 0.29) is 18.3 Å². The minimum Gasteiger partial charge on any atom is -0.468 e. The topological polar surface area (TPSA) is 61.8 Å². The van der Waals surface area contributed by atoms with Crippen molar-refractivity contribution >= 4 is 10.1 Å². The Morgan fingerprint density at radius 1 is 1.06 bits per heavy atom. The molecule has 0 heterocycles. The van der Waals surface area contributed by atoms with Crippen LogP contribution in [0.25, 0.3) is 0 Å². The van der Waals surface area contributed by atoms with Crippen molar-refractivity contribution < 1.29 is 22.1 Å². The van der Waals surface area contributed by atoms with Crippen LogP contribution in [0.5, 0.6) is 5.75 Å². The van der Waals surface area contributed by atoms with Crippen LogP contribution in [-0.2, 0) is 19.0 Å². The fourth-order valence-electron chi connectivity index (χ4n) is 1.12. The van der Waals surface area contributed by atoms with Gasteiger partial charge in [0.2, 0.25) is 0 Å². The van der Waals surface area contributed by atoms with E-state index in [2.05, 4.69) is 4.18 Å². The lowest BCUT2D eigenvalue weighted by Gasteiger charge is -2.07. The highest BCUT2D eigenvalue weighted by molar-refractivity contribution is 7.86. The summed E-state index contributed by atoms with van der Waals surface area (Å²) in [7, 11) is -3.64. The first-order chi connectivity index (χ1) is 8.10. The Morgan fingerprint density at radius 2 is 1.71 bits per heavy atom. The van der Waals surface area contributed by atoms with Crippen molar-refractivity contribution in [3.63, 3.8) is 0 Å². The van der Waals surface area contributed by atoms with E-state index in [0.717, 1.165) is 0 Å². The van der Waals surface area contributed by atoms with Gasteiger partial charge in [-0.1, -0.05) is 0 Å². The molecule has 0 amide bonds. The first-order valence-electron chi connectivity index (χ1n) is 5.30. The summed E-state index contributed by atoms with van der Waals surface area (Å²) in [5, 5.41) is 0. The molecule has 0 aliphatic carbocycles. The van der Waals surface area contributed by atoms with Crippen molar-refractivity contribution in [1.82, 2.24) is 0 Å². The van der Waals surface area contributed by atoms with Gasteiger partial charge in [-0.15, -0.1) is 0 Å². The third kappa shape index (κ3) is 4.33. The molecule has 5 nitrogen and oxygen atoms in total. The molecular formula is C11H16O5S. The number of hydrogen-bond donors (Lipinski definition) is 0. The first kappa shape index (κ1) is 14.0. The average molecular weight is 260 g/mol. The van der Waals surface area contributed by atoms with Gasteiger partial charge in [0.25, 0.3) is 10.1 Å². The first-order valence-corrected chi connectivity index (χ1v) is 6.71. The highest BCUT2D eigenvalue weighted by Gasteiger charge is 2.13. The van der Waals surface area contributed by atoms with Gasteiger partial charge in [0.15, 0.2) is 6.79 Å². The summed E-state index contributed by atoms with van der Waals surface area (Å²) < 4.78 is 37.9. The van der Waals surface area contributed by atoms with Crippen molar-refractivity contribution in [2.24, 2.45) is 0 Å². The van der Waals surface area contributed by atoms with Crippen molar-refractivity contribution in [1.29, 1.82) is 0 Å². The summed E-state index contributed by atoms with van der Waals surface area (Å²) in [5.74, 6) is 0.550. The molecule has 0 N–H and O–H groups in total. The lowest BCUT2D eigenvalue weighted by molar-refractivity contribution is 0.0224. The summed E-state index contributed by atoms with van der Waals surface area (Å²) in [6.45, 7) is 4.31. The van der Waals surface area contributed by atoms with Crippen molar-refractivity contribution in [2.45, 2.75) is 18.7 Å². The SMILES string of the molecule is CCOCOc1ccc(S(=O)(=O)OCC)cc1. The molecule has 0 saturated heterocycles. The zero-order chi connectivity index (χ0) is 12.7. The standard InChI is InChI=1S/C11H16O5S/c1-3-14-9-15-10-5-7-11(8-6-10)17(12,13)16-4-2/h5-8H,3-4,9H2,1-2H3. The van der Waals surface area contributed by atoms with Crippen LogP contribution in [0, 0.1) is 0 Å². The fraction of sp³-hybridized carbons (Fsp3) is 0.455. The second-order valence-corrected chi connectivity index (χ2v) is 4.70. The summed E-state index contributed by atoms with van der Waals surface area (Å²) in [4.78, 5) is 0.114. The van der Waals surface area contributed by atoms with Crippen molar-refractivity contribution in [3.8, 4) is 5.75 Å². The Hall–Kier alpha value is -1.11. The van der Waals surface area contributed by atoms with Crippen LogP contribution >= 0.6 is 0 Å². The summed E-state index contributed by atoms with van der Waals surface area (Å²) >= 11 is 0. The zero-order valence-corrected chi connectivity index (χ0v) is 10.7. The van der Waals surface area contributed by atoms with Gasteiger partial charge in [0.05, 0.1) is 11.5 Å². The van der Waals surface area contributed by atoms with E-state index in [1.165, 1.54) is 12.1 Å². The van der Waals surface area contributed by atoms with Crippen LogP contribution in [0.3, 0.4) is 0 Å². The molecule has 0 fully saturated rings. The summed E-state index contributed by atoms with van der Waals surface area (Å²) in [5.41, 5.74) is 0. The molecule has 1 aromatic rings. The molecule has 6 heteroatoms. The molecule has 0 aliphatic rings. The van der Waals surface area contributed by atoms with Gasteiger partial charge in [-0.25, -0.2) is 0 Å². The normalized spacial score (nSPS) is 11.4. The van der Waals surface area contributed by atoms with Gasteiger partial charge >= 0.3 is 0 Å². The van der Waals surface area contributed by atoms with Gasteiger partial charge in [-0.3, -0.25) is 4.18 Å². The lowest BCUT2D eigenvalue weighted by Crippen LogP contribution is -2.06. The average Bonchev–Trinajstić information content (AvgIpc) is 2.30. The molecule has 0 aromatic heterocycles. The zero-order valence-electron chi connectivity index (χ0n) is 9.88. The summed E-state index contributed by atoms with van der Waals surface area (Å²) in [6.07, 6.45) is 0. The molecule has 0 saturated carbocycles. The van der Waals surface area contributed by atoms with E-state index in [1.54, 1.807) is 19.1 Å². The van der Waals surface area contributed by atoms with E-state index in [4.69, 9.17) is 9.47 Å². The molecule has 0 unspecified atom stereocenters. The number of rotatable bonds is 7. The Kier molecular flexibility index (Phi) is 5.40. The predicted molar refractivity (Wildman–Crippen MR) is 62.4 cm³/mol. The summed E-state index contributed by atoms with van der Waals surface area (Å²) in [6, 6.07) is 5.99. The highest BCUT2D eigenvalue weighted by atomic mass is 32.2. The second kappa shape index (κ2) is 6.58. The molecule has 0 radical (unpaired) electrons. The molecule has 1 aromatic carbocycles. The van der Waals surface area contributed by atoms with Crippen LogP contribution in [0.2, 0.25) is 0 Å². The van der Waals surface area contributed by atoms with Crippen LogP contribution in [0.1, 0.15) is 13.8 Å². The van der Waals surface area contributed by atoms with Crippen LogP contribution in [0.4, 0.5) is 0 Å². The molecule has 1 rings (SSSR count). The predicted octanol–water partition coefficient (Wildman–Crippen LogP) is 1.78. The van der Waals surface area contributed by atoms with E-state index in [1.807, 2.05) is 6.92 Å². The van der Waals surface area contributed by atoms with E-state index in [0.29, 0.717) is 12.4 Å². The largest absolute Gasteiger partial charge is 0.468 e. The third-order valence-corrected chi connectivity index (χ3v) is 3.29. The Bertz CT molecular complexity index is 424. The van der Waals surface area contributed by atoms with Crippen LogP contribution in [-0.4, -0.2) is 28.4 Å². The molecular weight excluding hydrogens is 244 g/mol. The monoisotopic (exact) mass is 260 g/mol. The van der Waals surface area contributed by atoms with Gasteiger partial charge in [0, 0.05) is 6.61 Å². The molecule has 0 atom stereocenters. The van der Waals surface area contributed by atoms with Crippen molar-refractivity contribution in [3.05, 3.63) is 24.3 Å². The smallest absolute Gasteiger partial charge is 0.296 e. The Labute approximate surface area is 101 Å². The maximum atomic E-state index is 11.5. The maximum Gasteiger partial charge on any atom is 0.296 e. The van der Waals surface area contributed by atoms with Crippen LogP contribution in [0.15, 0.2) is 29.2 Å². The fourth-order valence-corrected chi connectivity index (χ4v) is 2.03. The van der Waals surface area contributed by atoms with E-state index < -0.39 is 10.1 Å². The molecule has 17 heavy (non-hydrogen) atoms. The number of ether oxygens (including phenoxy) is 2. The third-order valence-electron chi connectivity index (χ3n) is 1.90. The quantitative estimate of drug-likeness (QED) is 0.425. The van der Waals surface area contributed by atoms with E-state index in [9.17, 15) is 8.42 Å². The maximum absolute atomic E-state index is 11.5. The van der Waals surface area contributed by atoms with Crippen molar-refractivity contribution in [2.75, 3.05) is 20.0 Å². The van der Waals surface area contributed by atoms with Gasteiger partial charge in [-0.2, -0.15) is 8.42 Å². The molecule has 96 valence electrons. The van der Waals surface area contributed by atoms with Gasteiger partial charge < -0.3 is 9.47 Å². The lowest BCUT2D eigenvalue weighted by atomic mass is 10.3. The van der Waals surface area contributed by atoms with Crippen LogP contribution < -0.4 is 4.74 Å². The minimum atomic E-state index is -3.64. The number of hydrogen-bond acceptors (Lipinski definition) is 5. The Balaban J connectivity index is 2.68. The molecule has 0 spiro atoms. The molecule has 0 bridgehead atoms. The molecule has 0 aliphatic heterocycles. The van der Waals surface area contributed by atoms with Gasteiger partial charge in [0.1, 0.15) is 5.75 Å². The van der Waals surface area contributed by atoms with E-state index >= 15 is 0 Å². The minimum absolute atomic E-state index is 0.114. The second-order valence-electron chi connectivity index (χ2n) is 3.09. The highest BCUT2D eigenvalue weighted by Crippen LogP contribution is 2.17.